The summed E-state index contributed by atoms with van der Waals surface area (Å²) in [5, 5.41) is 0. The van der Waals surface area contributed by atoms with Crippen LogP contribution in [0.3, 0.4) is 0 Å². The molecule has 68 valence electrons. The second-order valence-corrected chi connectivity index (χ2v) is 2.99. The zero-order chi connectivity index (χ0) is 8.97. The SMILES string of the molecule is CC.Cc1cc2n(c1)C[CH-]CC2.[K+]. The molecule has 0 saturated heterocycles. The fourth-order valence-electron chi connectivity index (χ4n) is 1.58. The molecule has 0 aliphatic carbocycles. The zero-order valence-electron chi connectivity index (χ0n) is 9.30. The molecule has 0 fully saturated rings. The summed E-state index contributed by atoms with van der Waals surface area (Å²) >= 11 is 0. The minimum absolute atomic E-state index is 0. The molecule has 1 aromatic heterocycles. The van der Waals surface area contributed by atoms with E-state index in [9.17, 15) is 0 Å². The number of fused-ring (bicyclic) bond motifs is 1. The van der Waals surface area contributed by atoms with Gasteiger partial charge >= 0.3 is 51.4 Å². The Morgan fingerprint density at radius 2 is 2.08 bits per heavy atom. The van der Waals surface area contributed by atoms with Gasteiger partial charge in [0.15, 0.2) is 0 Å². The number of rotatable bonds is 0. The van der Waals surface area contributed by atoms with E-state index in [0.717, 1.165) is 6.54 Å². The number of hydrogen-bond acceptors (Lipinski definition) is 0. The van der Waals surface area contributed by atoms with Crippen LogP contribution in [0.15, 0.2) is 12.3 Å². The smallest absolute Gasteiger partial charge is 0.381 e. The van der Waals surface area contributed by atoms with Crippen molar-refractivity contribution in [1.29, 1.82) is 0 Å². The summed E-state index contributed by atoms with van der Waals surface area (Å²) in [6.07, 6.45) is 7.05. The number of aromatic nitrogens is 1. The van der Waals surface area contributed by atoms with Crippen molar-refractivity contribution in [3.05, 3.63) is 29.9 Å². The summed E-state index contributed by atoms with van der Waals surface area (Å²) in [4.78, 5) is 0. The van der Waals surface area contributed by atoms with Gasteiger partial charge in [-0.1, -0.05) is 13.8 Å². The maximum absolute atomic E-state index is 2.34. The van der Waals surface area contributed by atoms with Crippen LogP contribution in [-0.2, 0) is 13.0 Å². The maximum Gasteiger partial charge on any atom is 1.00 e. The zero-order valence-corrected chi connectivity index (χ0v) is 12.4. The average molecular weight is 203 g/mol. The fraction of sp³-hybridized carbons (Fsp3) is 0.545. The number of aryl methyl sites for hydroxylation is 2. The third-order valence-electron chi connectivity index (χ3n) is 2.05. The maximum atomic E-state index is 2.34. The molecule has 1 aromatic rings. The summed E-state index contributed by atoms with van der Waals surface area (Å²) < 4.78 is 2.33. The fourth-order valence-corrected chi connectivity index (χ4v) is 1.58. The van der Waals surface area contributed by atoms with Crippen LogP contribution in [0.25, 0.3) is 0 Å². The Labute approximate surface area is 124 Å². The summed E-state index contributed by atoms with van der Waals surface area (Å²) in [5.41, 5.74) is 2.89. The Morgan fingerprint density at radius 1 is 1.38 bits per heavy atom. The van der Waals surface area contributed by atoms with Crippen LogP contribution in [0, 0.1) is 13.3 Å². The third-order valence-corrected chi connectivity index (χ3v) is 2.05. The topological polar surface area (TPSA) is 4.93 Å². The van der Waals surface area contributed by atoms with Gasteiger partial charge in [-0.25, -0.2) is 0 Å². The van der Waals surface area contributed by atoms with Gasteiger partial charge in [-0.3, -0.25) is 0 Å². The van der Waals surface area contributed by atoms with Crippen molar-refractivity contribution < 1.29 is 51.4 Å². The van der Waals surface area contributed by atoms with E-state index in [-0.39, 0.29) is 51.4 Å². The van der Waals surface area contributed by atoms with Gasteiger partial charge in [0.05, 0.1) is 0 Å². The Morgan fingerprint density at radius 3 is 2.69 bits per heavy atom. The third kappa shape index (κ3) is 3.88. The molecule has 1 aliphatic heterocycles. The van der Waals surface area contributed by atoms with Crippen molar-refractivity contribution >= 4 is 0 Å². The minimum Gasteiger partial charge on any atom is -0.381 e. The Bertz CT molecular complexity index is 217. The van der Waals surface area contributed by atoms with E-state index in [1.54, 1.807) is 0 Å². The van der Waals surface area contributed by atoms with Crippen molar-refractivity contribution in [2.24, 2.45) is 0 Å². The van der Waals surface area contributed by atoms with Gasteiger partial charge < -0.3 is 11.0 Å². The molecule has 2 heteroatoms. The quantitative estimate of drug-likeness (QED) is 0.412. The molecular weight excluding hydrogens is 185 g/mol. The van der Waals surface area contributed by atoms with Crippen LogP contribution < -0.4 is 51.4 Å². The molecule has 0 aromatic carbocycles. The van der Waals surface area contributed by atoms with E-state index < -0.39 is 0 Å². The molecule has 0 amide bonds. The average Bonchev–Trinajstić information content (AvgIpc) is 2.48. The summed E-state index contributed by atoms with van der Waals surface area (Å²) in [7, 11) is 0. The molecular formula is C11H18KN. The first-order chi connectivity index (χ1) is 5.86. The monoisotopic (exact) mass is 203 g/mol. The summed E-state index contributed by atoms with van der Waals surface area (Å²) in [5.74, 6) is 0. The van der Waals surface area contributed by atoms with Gasteiger partial charge in [-0.05, 0) is 25.0 Å². The van der Waals surface area contributed by atoms with Gasteiger partial charge in [0.1, 0.15) is 0 Å². The van der Waals surface area contributed by atoms with Gasteiger partial charge in [-0.15, -0.1) is 6.54 Å². The van der Waals surface area contributed by atoms with Crippen LogP contribution in [0.2, 0.25) is 0 Å². The van der Waals surface area contributed by atoms with Crippen LogP contribution in [0.4, 0.5) is 0 Å². The van der Waals surface area contributed by atoms with Crippen molar-refractivity contribution in [3.63, 3.8) is 0 Å². The molecule has 2 rings (SSSR count). The number of nitrogens with zero attached hydrogens (tertiary/aromatic N) is 1. The molecule has 1 nitrogen and oxygen atoms in total. The van der Waals surface area contributed by atoms with Crippen molar-refractivity contribution in [3.8, 4) is 0 Å². The van der Waals surface area contributed by atoms with Crippen LogP contribution >= 0.6 is 0 Å². The van der Waals surface area contributed by atoms with E-state index >= 15 is 0 Å². The largest absolute Gasteiger partial charge is 1.00 e. The summed E-state index contributed by atoms with van der Waals surface area (Å²) in [6.45, 7) is 7.27. The number of hydrogen-bond donors (Lipinski definition) is 0. The molecule has 0 atom stereocenters. The molecule has 2 heterocycles. The Kier molecular flexibility index (Phi) is 7.75. The Balaban J connectivity index is 0.000000451. The molecule has 0 radical (unpaired) electrons. The predicted molar refractivity (Wildman–Crippen MR) is 53.1 cm³/mol. The Hall–Kier alpha value is 0.916. The normalized spacial score (nSPS) is 13.5. The van der Waals surface area contributed by atoms with Crippen LogP contribution in [-0.4, -0.2) is 4.57 Å². The predicted octanol–water partition coefficient (Wildman–Crippen LogP) is -0.0228. The molecule has 0 bridgehead atoms. The standard InChI is InChI=1S/C9H12N.C2H6.K/c1-8-6-9-4-2-3-5-10(9)7-8;1-2;/h3,6-7H,2,4-5H2,1H3;1-2H3;/q-1;;+1. The molecule has 1 aliphatic rings. The first-order valence-electron chi connectivity index (χ1n) is 4.83. The molecule has 0 saturated carbocycles. The first-order valence-corrected chi connectivity index (χ1v) is 4.83. The van der Waals surface area contributed by atoms with E-state index in [1.807, 2.05) is 13.8 Å². The van der Waals surface area contributed by atoms with Crippen molar-refractivity contribution in [2.75, 3.05) is 0 Å². The van der Waals surface area contributed by atoms with Gasteiger partial charge in [0, 0.05) is 11.9 Å². The van der Waals surface area contributed by atoms with Gasteiger partial charge in [0.25, 0.3) is 0 Å². The molecule has 13 heavy (non-hydrogen) atoms. The second kappa shape index (κ2) is 7.24. The first kappa shape index (κ1) is 13.9. The second-order valence-electron chi connectivity index (χ2n) is 2.99. The van der Waals surface area contributed by atoms with Crippen molar-refractivity contribution in [1.82, 2.24) is 4.57 Å². The van der Waals surface area contributed by atoms with Crippen molar-refractivity contribution in [2.45, 2.75) is 40.2 Å². The van der Waals surface area contributed by atoms with E-state index in [0.29, 0.717) is 0 Å². The van der Waals surface area contributed by atoms with Gasteiger partial charge in [-0.2, -0.15) is 6.42 Å². The van der Waals surface area contributed by atoms with Crippen LogP contribution in [0.1, 0.15) is 31.5 Å². The van der Waals surface area contributed by atoms with E-state index in [1.165, 1.54) is 24.1 Å². The molecule has 0 unspecified atom stereocenters. The molecule has 0 spiro atoms. The van der Waals surface area contributed by atoms with Gasteiger partial charge in [0.2, 0.25) is 0 Å². The van der Waals surface area contributed by atoms with Crippen LogP contribution in [0.5, 0.6) is 0 Å². The van der Waals surface area contributed by atoms with E-state index in [2.05, 4.69) is 30.2 Å². The summed E-state index contributed by atoms with van der Waals surface area (Å²) in [6, 6.07) is 2.28. The van der Waals surface area contributed by atoms with E-state index in [4.69, 9.17) is 0 Å². The minimum atomic E-state index is 0. The molecule has 0 N–H and O–H groups in total.